The fourth-order valence-electron chi connectivity index (χ4n) is 3.42. The van der Waals surface area contributed by atoms with E-state index in [2.05, 4.69) is 44.2 Å². The molecule has 0 unspecified atom stereocenters. The van der Waals surface area contributed by atoms with E-state index >= 15 is 0 Å². The van der Waals surface area contributed by atoms with Gasteiger partial charge in [0.2, 0.25) is 0 Å². The summed E-state index contributed by atoms with van der Waals surface area (Å²) >= 11 is 5.91. The minimum atomic E-state index is 0.116. The molecule has 3 heteroatoms. The molecule has 0 aliphatic carbocycles. The van der Waals surface area contributed by atoms with Gasteiger partial charge < -0.3 is 9.47 Å². The monoisotopic (exact) mass is 408 g/mol. The molecule has 0 saturated carbocycles. The zero-order valence-corrected chi connectivity index (χ0v) is 18.2. The van der Waals surface area contributed by atoms with Gasteiger partial charge in [-0.3, -0.25) is 0 Å². The maximum absolute atomic E-state index is 5.91. The van der Waals surface area contributed by atoms with E-state index in [0.29, 0.717) is 11.6 Å². The van der Waals surface area contributed by atoms with Gasteiger partial charge in [-0.25, -0.2) is 0 Å². The average Bonchev–Trinajstić information content (AvgIpc) is 2.71. The Bertz CT molecular complexity index is 899. The molecule has 0 amide bonds. The standard InChI is InChI=1S/C26H29ClO2/c1-4-28-25-9-5-8-21(19-25)26(2,3)18-6-7-20-10-14-23(15-11-20)29-24-16-12-22(27)13-17-24/h5,8-17,19H,4,6-7,18H2,1-3H3. The summed E-state index contributed by atoms with van der Waals surface area (Å²) in [6, 6.07) is 24.2. The van der Waals surface area contributed by atoms with Crippen LogP contribution in [0.4, 0.5) is 0 Å². The van der Waals surface area contributed by atoms with Crippen molar-refractivity contribution >= 4 is 11.6 Å². The van der Waals surface area contributed by atoms with Crippen molar-refractivity contribution in [3.63, 3.8) is 0 Å². The Kier molecular flexibility index (Phi) is 7.22. The van der Waals surface area contributed by atoms with Crippen LogP contribution in [-0.2, 0) is 11.8 Å². The second kappa shape index (κ2) is 9.84. The minimum absolute atomic E-state index is 0.116. The van der Waals surface area contributed by atoms with E-state index in [1.54, 1.807) is 0 Å². The lowest BCUT2D eigenvalue weighted by Crippen LogP contribution is -2.17. The molecule has 0 heterocycles. The molecule has 0 fully saturated rings. The number of aryl methyl sites for hydroxylation is 1. The number of benzene rings is 3. The molecular weight excluding hydrogens is 380 g/mol. The molecule has 3 aromatic carbocycles. The average molecular weight is 409 g/mol. The molecule has 29 heavy (non-hydrogen) atoms. The normalized spacial score (nSPS) is 11.3. The molecule has 0 saturated heterocycles. The summed E-state index contributed by atoms with van der Waals surface area (Å²) in [5.74, 6) is 2.58. The lowest BCUT2D eigenvalue weighted by molar-refractivity contribution is 0.338. The van der Waals surface area contributed by atoms with Crippen LogP contribution in [-0.4, -0.2) is 6.61 Å². The third-order valence-corrected chi connectivity index (χ3v) is 5.42. The van der Waals surface area contributed by atoms with E-state index < -0.39 is 0 Å². The summed E-state index contributed by atoms with van der Waals surface area (Å²) in [6.07, 6.45) is 3.30. The summed E-state index contributed by atoms with van der Waals surface area (Å²) in [5.41, 5.74) is 2.77. The summed E-state index contributed by atoms with van der Waals surface area (Å²) in [7, 11) is 0. The Morgan fingerprint density at radius 3 is 2.14 bits per heavy atom. The predicted octanol–water partition coefficient (Wildman–Crippen LogP) is 7.83. The van der Waals surface area contributed by atoms with Crippen molar-refractivity contribution in [2.75, 3.05) is 6.61 Å². The van der Waals surface area contributed by atoms with Gasteiger partial charge in [-0.2, -0.15) is 0 Å². The molecule has 0 spiro atoms. The SMILES string of the molecule is CCOc1cccc(C(C)(C)CCCc2ccc(Oc3ccc(Cl)cc3)cc2)c1. The second-order valence-electron chi connectivity index (χ2n) is 7.90. The maximum atomic E-state index is 5.91. The third-order valence-electron chi connectivity index (χ3n) is 5.17. The number of hydrogen-bond donors (Lipinski definition) is 0. The van der Waals surface area contributed by atoms with Crippen molar-refractivity contribution in [3.05, 3.63) is 88.9 Å². The van der Waals surface area contributed by atoms with E-state index in [4.69, 9.17) is 21.1 Å². The van der Waals surface area contributed by atoms with Gasteiger partial charge in [0.25, 0.3) is 0 Å². The van der Waals surface area contributed by atoms with Crippen LogP contribution in [0.1, 0.15) is 44.7 Å². The van der Waals surface area contributed by atoms with Crippen LogP contribution >= 0.6 is 11.6 Å². The Hall–Kier alpha value is -2.45. The van der Waals surface area contributed by atoms with Crippen LogP contribution in [0.5, 0.6) is 17.2 Å². The number of halogens is 1. The molecule has 3 rings (SSSR count). The van der Waals surface area contributed by atoms with E-state index in [0.717, 1.165) is 36.5 Å². The van der Waals surface area contributed by atoms with E-state index in [1.165, 1.54) is 11.1 Å². The van der Waals surface area contributed by atoms with E-state index in [1.807, 2.05) is 49.4 Å². The van der Waals surface area contributed by atoms with Crippen molar-refractivity contribution < 1.29 is 9.47 Å². The quantitative estimate of drug-likeness (QED) is 0.359. The van der Waals surface area contributed by atoms with Gasteiger partial charge in [0, 0.05) is 5.02 Å². The molecule has 0 atom stereocenters. The fourth-order valence-corrected chi connectivity index (χ4v) is 3.54. The first-order chi connectivity index (χ1) is 14.0. The lowest BCUT2D eigenvalue weighted by atomic mass is 9.80. The Labute approximate surface area is 179 Å². The molecule has 0 aliphatic heterocycles. The highest BCUT2D eigenvalue weighted by atomic mass is 35.5. The molecule has 0 radical (unpaired) electrons. The molecule has 0 aliphatic rings. The molecular formula is C26H29ClO2. The molecule has 0 aromatic heterocycles. The summed E-state index contributed by atoms with van der Waals surface area (Å²) < 4.78 is 11.5. The molecule has 2 nitrogen and oxygen atoms in total. The van der Waals surface area contributed by atoms with Crippen molar-refractivity contribution in [1.29, 1.82) is 0 Å². The van der Waals surface area contributed by atoms with Gasteiger partial charge in [-0.15, -0.1) is 0 Å². The van der Waals surface area contributed by atoms with Gasteiger partial charge >= 0.3 is 0 Å². The maximum Gasteiger partial charge on any atom is 0.127 e. The van der Waals surface area contributed by atoms with Gasteiger partial charge in [0.05, 0.1) is 6.61 Å². The first-order valence-corrected chi connectivity index (χ1v) is 10.6. The largest absolute Gasteiger partial charge is 0.494 e. The topological polar surface area (TPSA) is 18.5 Å². The van der Waals surface area contributed by atoms with Crippen LogP contribution in [0.15, 0.2) is 72.8 Å². The first-order valence-electron chi connectivity index (χ1n) is 10.2. The van der Waals surface area contributed by atoms with Crippen LogP contribution in [0.3, 0.4) is 0 Å². The highest BCUT2D eigenvalue weighted by Crippen LogP contribution is 2.31. The minimum Gasteiger partial charge on any atom is -0.494 e. The Balaban J connectivity index is 1.53. The van der Waals surface area contributed by atoms with Crippen molar-refractivity contribution in [1.82, 2.24) is 0 Å². The molecule has 0 bridgehead atoms. The van der Waals surface area contributed by atoms with Crippen LogP contribution < -0.4 is 9.47 Å². The van der Waals surface area contributed by atoms with Crippen molar-refractivity contribution in [3.8, 4) is 17.2 Å². The van der Waals surface area contributed by atoms with E-state index in [9.17, 15) is 0 Å². The van der Waals surface area contributed by atoms with Crippen molar-refractivity contribution in [2.24, 2.45) is 0 Å². The summed E-state index contributed by atoms with van der Waals surface area (Å²) in [5, 5.41) is 0.709. The zero-order chi connectivity index (χ0) is 20.7. The fraction of sp³-hybridized carbons (Fsp3) is 0.308. The zero-order valence-electron chi connectivity index (χ0n) is 17.5. The van der Waals surface area contributed by atoms with Gasteiger partial charge in [0.1, 0.15) is 17.2 Å². The van der Waals surface area contributed by atoms with Gasteiger partial charge in [-0.1, -0.05) is 49.7 Å². The number of hydrogen-bond acceptors (Lipinski definition) is 2. The smallest absolute Gasteiger partial charge is 0.127 e. The van der Waals surface area contributed by atoms with Crippen LogP contribution in [0.25, 0.3) is 0 Å². The molecule has 152 valence electrons. The Morgan fingerprint density at radius 1 is 0.828 bits per heavy atom. The molecule has 3 aromatic rings. The highest BCUT2D eigenvalue weighted by molar-refractivity contribution is 6.30. The summed E-state index contributed by atoms with van der Waals surface area (Å²) in [4.78, 5) is 0. The van der Waals surface area contributed by atoms with Crippen LogP contribution in [0, 0.1) is 0 Å². The predicted molar refractivity (Wildman–Crippen MR) is 122 cm³/mol. The van der Waals surface area contributed by atoms with Gasteiger partial charge in [0.15, 0.2) is 0 Å². The van der Waals surface area contributed by atoms with E-state index in [-0.39, 0.29) is 5.41 Å². The number of rotatable bonds is 9. The van der Waals surface area contributed by atoms with Crippen LogP contribution in [0.2, 0.25) is 5.02 Å². The third kappa shape index (κ3) is 6.27. The molecule has 0 N–H and O–H groups in total. The Morgan fingerprint density at radius 2 is 1.48 bits per heavy atom. The van der Waals surface area contributed by atoms with Gasteiger partial charge in [-0.05, 0) is 91.3 Å². The second-order valence-corrected chi connectivity index (χ2v) is 8.33. The van der Waals surface area contributed by atoms with Crippen molar-refractivity contribution in [2.45, 2.75) is 45.4 Å². The lowest BCUT2D eigenvalue weighted by Gasteiger charge is -2.26. The highest BCUT2D eigenvalue weighted by Gasteiger charge is 2.20. The first kappa shape index (κ1) is 21.3. The summed E-state index contributed by atoms with van der Waals surface area (Å²) in [6.45, 7) is 7.33. The number of ether oxygens (including phenoxy) is 2.